The van der Waals surface area contributed by atoms with Gasteiger partial charge in [-0.2, -0.15) is 0 Å². The first-order valence-corrected chi connectivity index (χ1v) is 7.70. The van der Waals surface area contributed by atoms with Crippen molar-refractivity contribution in [3.8, 4) is 0 Å². The number of hydrogen-bond acceptors (Lipinski definition) is 4. The molecule has 126 valence electrons. The minimum Gasteiger partial charge on any atom is -0.324 e. The molecule has 1 fully saturated rings. The Balaban J connectivity index is 1.77. The second kappa shape index (κ2) is 6.38. The van der Waals surface area contributed by atoms with Gasteiger partial charge in [0.2, 0.25) is 0 Å². The average molecular weight is 331 g/mol. The summed E-state index contributed by atoms with van der Waals surface area (Å²) >= 11 is 0. The average Bonchev–Trinajstić information content (AvgIpc) is 3.19. The normalized spacial score (nSPS) is 17.1. The number of anilines is 1. The molecule has 24 heavy (non-hydrogen) atoms. The van der Waals surface area contributed by atoms with Crippen LogP contribution in [-0.2, 0) is 16.6 Å². The zero-order valence-electron chi connectivity index (χ0n) is 13.5. The number of hydrogen-bond donors (Lipinski definition) is 1. The highest BCUT2D eigenvalue weighted by Crippen LogP contribution is 2.30. The Morgan fingerprint density at radius 1 is 1.38 bits per heavy atom. The van der Waals surface area contributed by atoms with E-state index in [2.05, 4.69) is 15.5 Å². The van der Waals surface area contributed by atoms with Crippen LogP contribution in [0.25, 0.3) is 0 Å². The van der Waals surface area contributed by atoms with Crippen molar-refractivity contribution in [2.75, 3.05) is 11.9 Å². The lowest BCUT2D eigenvalue weighted by molar-refractivity contribution is -0.143. The number of carbonyl (C=O) groups is 2. The fourth-order valence-corrected chi connectivity index (χ4v) is 2.92. The van der Waals surface area contributed by atoms with Crippen molar-refractivity contribution in [1.82, 2.24) is 19.7 Å². The van der Waals surface area contributed by atoms with Gasteiger partial charge < -0.3 is 14.8 Å². The predicted molar refractivity (Wildman–Crippen MR) is 84.5 cm³/mol. The summed E-state index contributed by atoms with van der Waals surface area (Å²) in [6, 6.07) is 4.35. The van der Waals surface area contributed by atoms with Crippen LogP contribution in [0.3, 0.4) is 0 Å². The molecule has 1 N–H and O–H groups in total. The van der Waals surface area contributed by atoms with Crippen molar-refractivity contribution in [3.63, 3.8) is 0 Å². The number of aryl methyl sites for hydroxylation is 2. The molecule has 1 saturated heterocycles. The van der Waals surface area contributed by atoms with Crippen molar-refractivity contribution < 1.29 is 14.0 Å². The molecule has 0 radical (unpaired) electrons. The van der Waals surface area contributed by atoms with E-state index in [9.17, 15) is 14.0 Å². The molecule has 0 aliphatic carbocycles. The van der Waals surface area contributed by atoms with Gasteiger partial charge in [0.05, 0.1) is 11.7 Å². The molecule has 3 rings (SSSR count). The fourth-order valence-electron chi connectivity index (χ4n) is 2.92. The van der Waals surface area contributed by atoms with Crippen LogP contribution in [0.1, 0.15) is 30.3 Å². The molecule has 0 spiro atoms. The Morgan fingerprint density at radius 3 is 2.88 bits per heavy atom. The number of likely N-dealkylation sites (tertiary alicyclic amines) is 1. The van der Waals surface area contributed by atoms with Gasteiger partial charge in [0.15, 0.2) is 5.82 Å². The molecule has 0 unspecified atom stereocenters. The first-order chi connectivity index (χ1) is 11.5. The van der Waals surface area contributed by atoms with Crippen LogP contribution in [0.15, 0.2) is 24.5 Å². The highest BCUT2D eigenvalue weighted by Gasteiger charge is 2.36. The number of halogens is 1. The smallest absolute Gasteiger partial charge is 0.314 e. The maximum Gasteiger partial charge on any atom is 0.314 e. The zero-order valence-corrected chi connectivity index (χ0v) is 13.5. The van der Waals surface area contributed by atoms with Gasteiger partial charge in [-0.15, -0.1) is 10.2 Å². The number of rotatable bonds is 2. The molecule has 1 aliphatic heterocycles. The number of aromatic nitrogens is 3. The van der Waals surface area contributed by atoms with E-state index < -0.39 is 17.6 Å². The summed E-state index contributed by atoms with van der Waals surface area (Å²) in [4.78, 5) is 26.2. The van der Waals surface area contributed by atoms with E-state index in [4.69, 9.17) is 0 Å². The number of carbonyl (C=O) groups excluding carboxylic acids is 2. The predicted octanol–water partition coefficient (Wildman–Crippen LogP) is 1.56. The second-order valence-electron chi connectivity index (χ2n) is 5.85. The van der Waals surface area contributed by atoms with Gasteiger partial charge in [0.1, 0.15) is 12.1 Å². The molecule has 0 bridgehead atoms. The third kappa shape index (κ3) is 2.86. The van der Waals surface area contributed by atoms with E-state index in [1.807, 2.05) is 0 Å². The minimum absolute atomic E-state index is 0.00255. The Morgan fingerprint density at radius 2 is 2.17 bits per heavy atom. The van der Waals surface area contributed by atoms with Gasteiger partial charge in [-0.05, 0) is 31.4 Å². The van der Waals surface area contributed by atoms with Crippen LogP contribution in [0.5, 0.6) is 0 Å². The zero-order chi connectivity index (χ0) is 17.3. The van der Waals surface area contributed by atoms with Crippen LogP contribution in [0.4, 0.5) is 10.1 Å². The molecule has 1 aromatic heterocycles. The van der Waals surface area contributed by atoms with Gasteiger partial charge in [0, 0.05) is 13.6 Å². The maximum atomic E-state index is 14.0. The lowest BCUT2D eigenvalue weighted by Gasteiger charge is -2.23. The molecule has 1 aliphatic rings. The molecule has 1 atom stereocenters. The summed E-state index contributed by atoms with van der Waals surface area (Å²) in [6.45, 7) is 2.05. The van der Waals surface area contributed by atoms with E-state index in [-0.39, 0.29) is 11.7 Å². The van der Waals surface area contributed by atoms with Crippen molar-refractivity contribution >= 4 is 17.5 Å². The van der Waals surface area contributed by atoms with Gasteiger partial charge in [-0.1, -0.05) is 12.1 Å². The third-order valence-electron chi connectivity index (χ3n) is 4.19. The molecule has 7 nitrogen and oxygen atoms in total. The van der Waals surface area contributed by atoms with E-state index in [1.54, 1.807) is 37.0 Å². The van der Waals surface area contributed by atoms with E-state index in [0.717, 1.165) is 6.42 Å². The summed E-state index contributed by atoms with van der Waals surface area (Å²) in [7, 11) is 1.79. The minimum atomic E-state index is -0.853. The van der Waals surface area contributed by atoms with Crippen molar-refractivity contribution in [3.05, 3.63) is 41.7 Å². The van der Waals surface area contributed by atoms with Crippen LogP contribution in [-0.4, -0.2) is 38.0 Å². The first-order valence-electron chi connectivity index (χ1n) is 7.70. The van der Waals surface area contributed by atoms with Crippen molar-refractivity contribution in [2.24, 2.45) is 7.05 Å². The molecule has 2 heterocycles. The summed E-state index contributed by atoms with van der Waals surface area (Å²) < 4.78 is 15.7. The molecule has 8 heteroatoms. The summed E-state index contributed by atoms with van der Waals surface area (Å²) in [5.74, 6) is -1.45. The van der Waals surface area contributed by atoms with Gasteiger partial charge in [-0.25, -0.2) is 4.39 Å². The highest BCUT2D eigenvalue weighted by molar-refractivity contribution is 6.39. The van der Waals surface area contributed by atoms with Gasteiger partial charge in [-0.3, -0.25) is 9.59 Å². The van der Waals surface area contributed by atoms with Crippen LogP contribution < -0.4 is 5.32 Å². The lowest BCUT2D eigenvalue weighted by Crippen LogP contribution is -2.40. The summed E-state index contributed by atoms with van der Waals surface area (Å²) in [5, 5.41) is 10.2. The Kier molecular flexibility index (Phi) is 4.28. The Labute approximate surface area is 138 Å². The SMILES string of the molecule is Cc1cccc(NC(=O)C(=O)N2CCC[C@H]2c2nncn2C)c1F. The maximum absolute atomic E-state index is 14.0. The van der Waals surface area contributed by atoms with Gasteiger partial charge in [0.25, 0.3) is 0 Å². The molecule has 1 aromatic carbocycles. The number of nitrogens with one attached hydrogen (secondary N) is 1. The van der Waals surface area contributed by atoms with Crippen LogP contribution >= 0.6 is 0 Å². The monoisotopic (exact) mass is 331 g/mol. The standard InChI is InChI=1S/C16H18FN5O2/c1-10-5-3-6-11(13(10)17)19-15(23)16(24)22-8-4-7-12(22)14-20-18-9-21(14)2/h3,5-6,9,12H,4,7-8H2,1-2H3,(H,19,23)/t12-/m0/s1. The summed E-state index contributed by atoms with van der Waals surface area (Å²) in [5.41, 5.74) is 0.404. The molecular formula is C16H18FN5O2. The van der Waals surface area contributed by atoms with E-state index in [1.165, 1.54) is 11.0 Å². The van der Waals surface area contributed by atoms with Crippen LogP contribution in [0.2, 0.25) is 0 Å². The molecular weight excluding hydrogens is 313 g/mol. The second-order valence-corrected chi connectivity index (χ2v) is 5.85. The van der Waals surface area contributed by atoms with Crippen LogP contribution in [0, 0.1) is 12.7 Å². The van der Waals surface area contributed by atoms with Crippen molar-refractivity contribution in [2.45, 2.75) is 25.8 Å². The number of amides is 2. The number of benzene rings is 1. The quantitative estimate of drug-likeness (QED) is 0.847. The largest absolute Gasteiger partial charge is 0.324 e. The molecule has 2 amide bonds. The topological polar surface area (TPSA) is 80.1 Å². The highest BCUT2D eigenvalue weighted by atomic mass is 19.1. The number of nitrogens with zero attached hydrogens (tertiary/aromatic N) is 4. The van der Waals surface area contributed by atoms with Crippen molar-refractivity contribution in [1.29, 1.82) is 0 Å². The summed E-state index contributed by atoms with van der Waals surface area (Å²) in [6.07, 6.45) is 3.04. The van der Waals surface area contributed by atoms with E-state index in [0.29, 0.717) is 24.4 Å². The molecule has 0 saturated carbocycles. The van der Waals surface area contributed by atoms with Gasteiger partial charge >= 0.3 is 11.8 Å². The lowest BCUT2D eigenvalue weighted by atomic mass is 10.2. The first kappa shape index (κ1) is 16.1. The van der Waals surface area contributed by atoms with E-state index >= 15 is 0 Å². The molecule has 2 aromatic rings. The third-order valence-corrected chi connectivity index (χ3v) is 4.19. The fraction of sp³-hybridized carbons (Fsp3) is 0.375. The Hall–Kier alpha value is -2.77. The Bertz CT molecular complexity index is 789.